The molecule has 1 heterocycles. The van der Waals surface area contributed by atoms with E-state index in [1.54, 1.807) is 0 Å². The van der Waals surface area contributed by atoms with E-state index in [0.29, 0.717) is 4.83 Å². The van der Waals surface area contributed by atoms with Crippen molar-refractivity contribution in [3.63, 3.8) is 0 Å². The van der Waals surface area contributed by atoms with Gasteiger partial charge in [-0.05, 0) is 31.7 Å². The zero-order valence-electron chi connectivity index (χ0n) is 11.9. The van der Waals surface area contributed by atoms with Gasteiger partial charge < -0.3 is 0 Å². The number of alkyl halides is 1. The molecule has 2 nitrogen and oxygen atoms in total. The number of benzene rings is 1. The van der Waals surface area contributed by atoms with Crippen LogP contribution in [0.15, 0.2) is 30.3 Å². The fourth-order valence-electron chi connectivity index (χ4n) is 2.35. The van der Waals surface area contributed by atoms with Crippen LogP contribution in [0.5, 0.6) is 0 Å². The van der Waals surface area contributed by atoms with Gasteiger partial charge in [0.1, 0.15) is 0 Å². The molecular weight excluding hydrogens is 336 g/mol. The maximum Gasteiger partial charge on any atom is 0.0849 e. The zero-order valence-corrected chi connectivity index (χ0v) is 14.3. The average molecular weight is 356 g/mol. The molecule has 0 saturated carbocycles. The van der Waals surface area contributed by atoms with Gasteiger partial charge in [0.15, 0.2) is 0 Å². The summed E-state index contributed by atoms with van der Waals surface area (Å²) >= 11 is 10.2. The third-order valence-corrected chi connectivity index (χ3v) is 4.91. The molecule has 2 rings (SSSR count). The minimum Gasteiger partial charge on any atom is -0.268 e. The maximum atomic E-state index is 6.44. The smallest absolute Gasteiger partial charge is 0.0849 e. The lowest BCUT2D eigenvalue weighted by Gasteiger charge is -2.11. The molecule has 108 valence electrons. The van der Waals surface area contributed by atoms with E-state index in [-0.39, 0.29) is 0 Å². The van der Waals surface area contributed by atoms with E-state index >= 15 is 0 Å². The molecule has 0 bridgehead atoms. The van der Waals surface area contributed by atoms with Gasteiger partial charge in [-0.15, -0.1) is 0 Å². The molecule has 0 saturated heterocycles. The second kappa shape index (κ2) is 7.28. The van der Waals surface area contributed by atoms with Crippen LogP contribution in [0, 0.1) is 0 Å². The van der Waals surface area contributed by atoms with E-state index in [1.165, 1.54) is 5.56 Å². The molecule has 2 aromatic rings. The molecular formula is C16H20BrClN2. The first-order chi connectivity index (χ1) is 9.67. The number of aryl methyl sites for hydroxylation is 2. The van der Waals surface area contributed by atoms with Crippen LogP contribution in [-0.4, -0.2) is 9.78 Å². The van der Waals surface area contributed by atoms with Gasteiger partial charge >= 0.3 is 0 Å². The fraction of sp³-hybridized carbons (Fsp3) is 0.438. The first-order valence-corrected chi connectivity index (χ1v) is 8.39. The molecule has 0 spiro atoms. The van der Waals surface area contributed by atoms with Crippen LogP contribution >= 0.6 is 27.5 Å². The van der Waals surface area contributed by atoms with Gasteiger partial charge in [0.05, 0.1) is 16.4 Å². The number of rotatable bonds is 6. The van der Waals surface area contributed by atoms with E-state index in [2.05, 4.69) is 59.1 Å². The largest absolute Gasteiger partial charge is 0.268 e. The third kappa shape index (κ3) is 3.44. The third-order valence-electron chi connectivity index (χ3n) is 3.49. The SMILES string of the molecule is CCc1nn(CC)c(CCC(Br)c2ccccc2)c1Cl. The van der Waals surface area contributed by atoms with Crippen LogP contribution in [0.3, 0.4) is 0 Å². The predicted octanol–water partition coefficient (Wildman–Crippen LogP) is 5.19. The summed E-state index contributed by atoms with van der Waals surface area (Å²) in [7, 11) is 0. The van der Waals surface area contributed by atoms with Crippen molar-refractivity contribution in [3.8, 4) is 0 Å². The predicted molar refractivity (Wildman–Crippen MR) is 88.7 cm³/mol. The summed E-state index contributed by atoms with van der Waals surface area (Å²) in [5.74, 6) is 0. The Balaban J connectivity index is 2.09. The second-order valence-electron chi connectivity index (χ2n) is 4.79. The van der Waals surface area contributed by atoms with Crippen molar-refractivity contribution < 1.29 is 0 Å². The van der Waals surface area contributed by atoms with Gasteiger partial charge in [-0.25, -0.2) is 0 Å². The Morgan fingerprint density at radius 2 is 1.95 bits per heavy atom. The zero-order chi connectivity index (χ0) is 14.5. The van der Waals surface area contributed by atoms with Crippen molar-refractivity contribution >= 4 is 27.5 Å². The number of aromatic nitrogens is 2. The highest BCUT2D eigenvalue weighted by molar-refractivity contribution is 9.09. The van der Waals surface area contributed by atoms with Crippen LogP contribution in [0.4, 0.5) is 0 Å². The molecule has 0 N–H and O–H groups in total. The van der Waals surface area contributed by atoms with Crippen molar-refractivity contribution in [2.24, 2.45) is 0 Å². The minimum absolute atomic E-state index is 0.352. The van der Waals surface area contributed by atoms with Gasteiger partial charge in [-0.2, -0.15) is 5.10 Å². The Labute approximate surface area is 134 Å². The van der Waals surface area contributed by atoms with Crippen LogP contribution in [0.2, 0.25) is 5.02 Å². The Morgan fingerprint density at radius 1 is 1.25 bits per heavy atom. The fourth-order valence-corrected chi connectivity index (χ4v) is 3.25. The normalized spacial score (nSPS) is 12.6. The Bertz CT molecular complexity index is 551. The summed E-state index contributed by atoms with van der Waals surface area (Å²) in [6, 6.07) is 10.5. The molecule has 0 fully saturated rings. The Morgan fingerprint density at radius 3 is 2.55 bits per heavy atom. The average Bonchev–Trinajstić information content (AvgIpc) is 2.81. The van der Waals surface area contributed by atoms with Crippen molar-refractivity contribution in [2.45, 2.75) is 44.5 Å². The summed E-state index contributed by atoms with van der Waals surface area (Å²) < 4.78 is 2.03. The molecule has 0 radical (unpaired) electrons. The standard InChI is InChI=1S/C16H20BrClN2/c1-3-14-16(18)15(20(4-2)19-14)11-10-13(17)12-8-6-5-7-9-12/h5-9,13H,3-4,10-11H2,1-2H3. The summed E-state index contributed by atoms with van der Waals surface area (Å²) in [6.07, 6.45) is 2.83. The van der Waals surface area contributed by atoms with Gasteiger partial charge in [-0.1, -0.05) is 64.8 Å². The second-order valence-corrected chi connectivity index (χ2v) is 6.28. The molecule has 0 amide bonds. The molecule has 0 aliphatic carbocycles. The first kappa shape index (κ1) is 15.6. The quantitative estimate of drug-likeness (QED) is 0.652. The molecule has 1 unspecified atom stereocenters. The highest BCUT2D eigenvalue weighted by Gasteiger charge is 2.16. The topological polar surface area (TPSA) is 17.8 Å². The van der Waals surface area contributed by atoms with Crippen molar-refractivity contribution in [2.75, 3.05) is 0 Å². The van der Waals surface area contributed by atoms with Gasteiger partial charge in [-0.3, -0.25) is 4.68 Å². The minimum atomic E-state index is 0.352. The maximum absolute atomic E-state index is 6.44. The lowest BCUT2D eigenvalue weighted by Crippen LogP contribution is -2.04. The van der Waals surface area contributed by atoms with Crippen LogP contribution in [0.25, 0.3) is 0 Å². The summed E-state index contributed by atoms with van der Waals surface area (Å²) in [5.41, 5.74) is 3.47. The highest BCUT2D eigenvalue weighted by Crippen LogP contribution is 2.30. The lowest BCUT2D eigenvalue weighted by molar-refractivity contribution is 0.602. The molecule has 0 aliphatic rings. The summed E-state index contributed by atoms with van der Waals surface area (Å²) in [5, 5.41) is 5.42. The van der Waals surface area contributed by atoms with Gasteiger partial charge in [0.2, 0.25) is 0 Å². The molecule has 4 heteroatoms. The first-order valence-electron chi connectivity index (χ1n) is 7.10. The van der Waals surface area contributed by atoms with Crippen molar-refractivity contribution in [3.05, 3.63) is 52.3 Å². The number of halogens is 2. The molecule has 1 atom stereocenters. The van der Waals surface area contributed by atoms with Crippen LogP contribution in [0.1, 0.15) is 42.0 Å². The van der Waals surface area contributed by atoms with Crippen molar-refractivity contribution in [1.82, 2.24) is 9.78 Å². The van der Waals surface area contributed by atoms with E-state index in [0.717, 1.165) is 42.2 Å². The molecule has 1 aromatic heterocycles. The molecule has 20 heavy (non-hydrogen) atoms. The van der Waals surface area contributed by atoms with E-state index < -0.39 is 0 Å². The monoisotopic (exact) mass is 354 g/mol. The Hall–Kier alpha value is -0.800. The number of hydrogen-bond acceptors (Lipinski definition) is 1. The van der Waals surface area contributed by atoms with Crippen LogP contribution in [-0.2, 0) is 19.4 Å². The molecule has 1 aromatic carbocycles. The highest BCUT2D eigenvalue weighted by atomic mass is 79.9. The Kier molecular flexibility index (Phi) is 5.67. The van der Waals surface area contributed by atoms with Crippen molar-refractivity contribution in [1.29, 1.82) is 0 Å². The van der Waals surface area contributed by atoms with Crippen LogP contribution < -0.4 is 0 Å². The summed E-state index contributed by atoms with van der Waals surface area (Å²) in [4.78, 5) is 0.352. The van der Waals surface area contributed by atoms with Gasteiger partial charge in [0, 0.05) is 11.4 Å². The van der Waals surface area contributed by atoms with E-state index in [9.17, 15) is 0 Å². The number of nitrogens with zero attached hydrogens (tertiary/aromatic N) is 2. The van der Waals surface area contributed by atoms with E-state index in [4.69, 9.17) is 11.6 Å². The van der Waals surface area contributed by atoms with E-state index in [1.807, 2.05) is 10.7 Å². The summed E-state index contributed by atoms with van der Waals surface area (Å²) in [6.45, 7) is 5.07. The lowest BCUT2D eigenvalue weighted by atomic mass is 10.1. The number of hydrogen-bond donors (Lipinski definition) is 0. The molecule has 0 aliphatic heterocycles. The van der Waals surface area contributed by atoms with Gasteiger partial charge in [0.25, 0.3) is 0 Å².